The van der Waals surface area contributed by atoms with Gasteiger partial charge in [0.15, 0.2) is 5.13 Å². The molecule has 1 heterocycles. The van der Waals surface area contributed by atoms with Gasteiger partial charge < -0.3 is 14.4 Å². The molecule has 0 bridgehead atoms. The SMILES string of the molecule is COc1ccc(CN(C)c2nc3ccc([N+](=O)[O-])cc3s2)c(OC)c1. The van der Waals surface area contributed by atoms with E-state index in [0.717, 1.165) is 32.4 Å². The van der Waals surface area contributed by atoms with Gasteiger partial charge in [-0.05, 0) is 18.2 Å². The molecule has 0 spiro atoms. The zero-order valence-electron chi connectivity index (χ0n) is 14.1. The fourth-order valence-corrected chi connectivity index (χ4v) is 3.44. The van der Waals surface area contributed by atoms with E-state index < -0.39 is 4.92 Å². The molecule has 0 aliphatic heterocycles. The van der Waals surface area contributed by atoms with Crippen LogP contribution in [-0.2, 0) is 6.54 Å². The van der Waals surface area contributed by atoms with Crippen molar-refractivity contribution in [2.75, 3.05) is 26.2 Å². The monoisotopic (exact) mass is 359 g/mol. The number of hydrogen-bond acceptors (Lipinski definition) is 7. The van der Waals surface area contributed by atoms with E-state index in [1.54, 1.807) is 26.4 Å². The van der Waals surface area contributed by atoms with Gasteiger partial charge in [0.25, 0.3) is 5.69 Å². The Hall–Kier alpha value is -2.87. The Morgan fingerprint density at radius 3 is 2.68 bits per heavy atom. The third-order valence-corrected chi connectivity index (χ3v) is 4.93. The smallest absolute Gasteiger partial charge is 0.270 e. The summed E-state index contributed by atoms with van der Waals surface area (Å²) in [5, 5.41) is 11.7. The second-order valence-electron chi connectivity index (χ2n) is 5.44. The van der Waals surface area contributed by atoms with Crippen molar-refractivity contribution >= 4 is 32.4 Å². The van der Waals surface area contributed by atoms with Crippen molar-refractivity contribution in [3.63, 3.8) is 0 Å². The lowest BCUT2D eigenvalue weighted by Gasteiger charge is -2.18. The number of anilines is 1. The zero-order valence-corrected chi connectivity index (χ0v) is 14.9. The fourth-order valence-electron chi connectivity index (χ4n) is 2.48. The summed E-state index contributed by atoms with van der Waals surface area (Å²) in [5.74, 6) is 1.47. The van der Waals surface area contributed by atoms with Gasteiger partial charge >= 0.3 is 0 Å². The Balaban J connectivity index is 1.87. The van der Waals surface area contributed by atoms with Crippen LogP contribution in [0, 0.1) is 10.1 Å². The summed E-state index contributed by atoms with van der Waals surface area (Å²) in [6.07, 6.45) is 0. The molecule has 0 aliphatic rings. The highest BCUT2D eigenvalue weighted by atomic mass is 32.1. The van der Waals surface area contributed by atoms with Gasteiger partial charge in [-0.25, -0.2) is 4.98 Å². The molecule has 0 N–H and O–H groups in total. The molecular weight excluding hydrogens is 342 g/mol. The van der Waals surface area contributed by atoms with E-state index >= 15 is 0 Å². The summed E-state index contributed by atoms with van der Waals surface area (Å²) in [7, 11) is 5.16. The Morgan fingerprint density at radius 2 is 2.00 bits per heavy atom. The van der Waals surface area contributed by atoms with Crippen LogP contribution in [-0.4, -0.2) is 31.2 Å². The Bertz CT molecular complexity index is 925. The number of nitro groups is 1. The fraction of sp³-hybridized carbons (Fsp3) is 0.235. The number of fused-ring (bicyclic) bond motifs is 1. The zero-order chi connectivity index (χ0) is 18.0. The molecule has 8 heteroatoms. The maximum absolute atomic E-state index is 10.9. The maximum Gasteiger partial charge on any atom is 0.270 e. The van der Waals surface area contributed by atoms with Gasteiger partial charge in [0, 0.05) is 37.4 Å². The van der Waals surface area contributed by atoms with Crippen molar-refractivity contribution < 1.29 is 14.4 Å². The number of benzene rings is 2. The van der Waals surface area contributed by atoms with Crippen LogP contribution in [0.25, 0.3) is 10.2 Å². The van der Waals surface area contributed by atoms with Gasteiger partial charge in [-0.15, -0.1) is 0 Å². The number of nitro benzene ring substituents is 1. The van der Waals surface area contributed by atoms with Crippen LogP contribution >= 0.6 is 11.3 Å². The van der Waals surface area contributed by atoms with Crippen LogP contribution in [0.5, 0.6) is 11.5 Å². The molecule has 2 aromatic carbocycles. The minimum absolute atomic E-state index is 0.0715. The molecule has 0 fully saturated rings. The average molecular weight is 359 g/mol. The van der Waals surface area contributed by atoms with Gasteiger partial charge in [0.05, 0.1) is 29.4 Å². The first-order valence-corrected chi connectivity index (χ1v) is 8.30. The molecule has 1 aromatic heterocycles. The standard InChI is InChI=1S/C17H17N3O4S/c1-19(10-11-4-6-13(23-2)9-15(11)24-3)17-18-14-7-5-12(20(21)22)8-16(14)25-17/h4-9H,10H2,1-3H3. The number of hydrogen-bond donors (Lipinski definition) is 0. The molecule has 3 rings (SSSR count). The van der Waals surface area contributed by atoms with E-state index in [0.29, 0.717) is 6.54 Å². The molecule has 0 saturated carbocycles. The van der Waals surface area contributed by atoms with E-state index in [4.69, 9.17) is 9.47 Å². The van der Waals surface area contributed by atoms with E-state index in [9.17, 15) is 10.1 Å². The van der Waals surface area contributed by atoms with E-state index in [1.807, 2.05) is 30.1 Å². The van der Waals surface area contributed by atoms with Crippen LogP contribution in [0.15, 0.2) is 36.4 Å². The minimum Gasteiger partial charge on any atom is -0.497 e. The number of ether oxygens (including phenoxy) is 2. The van der Waals surface area contributed by atoms with Gasteiger partial charge in [0.2, 0.25) is 0 Å². The van der Waals surface area contributed by atoms with Crippen LogP contribution in [0.3, 0.4) is 0 Å². The summed E-state index contributed by atoms with van der Waals surface area (Å²) in [4.78, 5) is 17.0. The van der Waals surface area contributed by atoms with Crippen molar-refractivity contribution in [2.45, 2.75) is 6.54 Å². The first-order valence-electron chi connectivity index (χ1n) is 7.49. The summed E-state index contributed by atoms with van der Waals surface area (Å²) in [5.41, 5.74) is 1.82. The van der Waals surface area contributed by atoms with Crippen LogP contribution in [0.1, 0.15) is 5.56 Å². The number of aromatic nitrogens is 1. The van der Waals surface area contributed by atoms with Crippen molar-refractivity contribution in [1.29, 1.82) is 0 Å². The first-order chi connectivity index (χ1) is 12.0. The first kappa shape index (κ1) is 17.0. The molecule has 130 valence electrons. The van der Waals surface area contributed by atoms with E-state index in [1.165, 1.54) is 17.4 Å². The van der Waals surface area contributed by atoms with Gasteiger partial charge in [0.1, 0.15) is 11.5 Å². The quantitative estimate of drug-likeness (QED) is 0.491. The van der Waals surface area contributed by atoms with Gasteiger partial charge in [-0.3, -0.25) is 10.1 Å². The van der Waals surface area contributed by atoms with E-state index in [2.05, 4.69) is 4.98 Å². The third kappa shape index (κ3) is 3.48. The van der Waals surface area contributed by atoms with E-state index in [-0.39, 0.29) is 5.69 Å². The second-order valence-corrected chi connectivity index (χ2v) is 6.45. The number of thiazole rings is 1. The predicted molar refractivity (Wildman–Crippen MR) is 97.9 cm³/mol. The minimum atomic E-state index is -0.398. The molecule has 0 unspecified atom stereocenters. The Labute approximate surface area is 148 Å². The highest BCUT2D eigenvalue weighted by Gasteiger charge is 2.14. The van der Waals surface area contributed by atoms with Crippen LogP contribution in [0.4, 0.5) is 10.8 Å². The average Bonchev–Trinajstić information content (AvgIpc) is 3.05. The molecule has 0 atom stereocenters. The van der Waals surface area contributed by atoms with Crippen LogP contribution in [0.2, 0.25) is 0 Å². The summed E-state index contributed by atoms with van der Waals surface area (Å²) < 4.78 is 11.4. The lowest BCUT2D eigenvalue weighted by Crippen LogP contribution is -2.16. The lowest BCUT2D eigenvalue weighted by atomic mass is 10.2. The summed E-state index contributed by atoms with van der Waals surface area (Å²) >= 11 is 1.42. The largest absolute Gasteiger partial charge is 0.497 e. The van der Waals surface area contributed by atoms with Crippen molar-refractivity contribution in [1.82, 2.24) is 4.98 Å². The Kier molecular flexibility index (Phi) is 4.71. The van der Waals surface area contributed by atoms with Crippen molar-refractivity contribution in [2.24, 2.45) is 0 Å². The third-order valence-electron chi connectivity index (χ3n) is 3.80. The summed E-state index contributed by atoms with van der Waals surface area (Å²) in [6.45, 7) is 0.592. The number of methoxy groups -OCH3 is 2. The topological polar surface area (TPSA) is 77.7 Å². The molecule has 0 amide bonds. The number of rotatable bonds is 6. The molecule has 0 aliphatic carbocycles. The number of nitrogens with zero attached hydrogens (tertiary/aromatic N) is 3. The molecule has 0 radical (unpaired) electrons. The Morgan fingerprint density at radius 1 is 1.20 bits per heavy atom. The predicted octanol–water partition coefficient (Wildman–Crippen LogP) is 3.86. The highest BCUT2D eigenvalue weighted by molar-refractivity contribution is 7.22. The van der Waals surface area contributed by atoms with Crippen molar-refractivity contribution in [3.8, 4) is 11.5 Å². The van der Waals surface area contributed by atoms with Gasteiger partial charge in [-0.1, -0.05) is 11.3 Å². The molecule has 25 heavy (non-hydrogen) atoms. The normalized spacial score (nSPS) is 10.7. The summed E-state index contributed by atoms with van der Waals surface area (Å²) in [6, 6.07) is 10.4. The molecular formula is C17H17N3O4S. The van der Waals surface area contributed by atoms with Crippen LogP contribution < -0.4 is 14.4 Å². The second kappa shape index (κ2) is 6.94. The molecule has 0 saturated heterocycles. The molecule has 7 nitrogen and oxygen atoms in total. The van der Waals surface area contributed by atoms with Gasteiger partial charge in [-0.2, -0.15) is 0 Å². The number of non-ortho nitro benzene ring substituents is 1. The van der Waals surface area contributed by atoms with Crippen molar-refractivity contribution in [3.05, 3.63) is 52.1 Å². The lowest BCUT2D eigenvalue weighted by molar-refractivity contribution is -0.384. The highest BCUT2D eigenvalue weighted by Crippen LogP contribution is 2.33. The molecule has 3 aromatic rings. The maximum atomic E-state index is 10.9.